The van der Waals surface area contributed by atoms with Gasteiger partial charge in [0.25, 0.3) is 5.91 Å². The molecule has 4 rings (SSSR count). The number of hydrogen-bond acceptors (Lipinski definition) is 5. The molecule has 0 radical (unpaired) electrons. The SMILES string of the molecule is CN(Cc1ccccn1)C(=O)C1=NOC2(CCCN(Cc3ccc(F)c(F)c3)C2)C1. The van der Waals surface area contributed by atoms with Crippen molar-refractivity contribution in [2.45, 2.75) is 38.0 Å². The second-order valence-electron chi connectivity index (χ2n) is 8.03. The Hall–Kier alpha value is -2.87. The summed E-state index contributed by atoms with van der Waals surface area (Å²) in [5.41, 5.74) is 1.37. The van der Waals surface area contributed by atoms with Gasteiger partial charge in [0.1, 0.15) is 5.71 Å². The number of amides is 1. The van der Waals surface area contributed by atoms with E-state index in [9.17, 15) is 13.6 Å². The van der Waals surface area contributed by atoms with E-state index in [1.807, 2.05) is 18.2 Å². The van der Waals surface area contributed by atoms with Crippen LogP contribution in [0.3, 0.4) is 0 Å². The standard InChI is InChI=1S/C22H24F2N4O2/c1-27(14-17-5-2-3-9-25-17)21(29)20-12-22(30-26-20)8-4-10-28(15-22)13-16-6-7-18(23)19(24)11-16/h2-3,5-7,9,11H,4,8,10,12-15H2,1H3. The van der Waals surface area contributed by atoms with Crippen molar-refractivity contribution in [2.24, 2.45) is 5.16 Å². The summed E-state index contributed by atoms with van der Waals surface area (Å²) in [5, 5.41) is 4.11. The van der Waals surface area contributed by atoms with Crippen LogP contribution < -0.4 is 0 Å². The van der Waals surface area contributed by atoms with E-state index in [1.165, 1.54) is 6.07 Å². The third kappa shape index (κ3) is 4.48. The van der Waals surface area contributed by atoms with Crippen molar-refractivity contribution in [3.63, 3.8) is 0 Å². The Bertz CT molecular complexity index is 953. The first-order valence-electron chi connectivity index (χ1n) is 10.0. The summed E-state index contributed by atoms with van der Waals surface area (Å²) in [7, 11) is 1.72. The van der Waals surface area contributed by atoms with Gasteiger partial charge in [-0.25, -0.2) is 8.78 Å². The van der Waals surface area contributed by atoms with E-state index in [0.29, 0.717) is 37.3 Å². The summed E-state index contributed by atoms with van der Waals surface area (Å²) >= 11 is 0. The van der Waals surface area contributed by atoms with Crippen LogP contribution in [0.15, 0.2) is 47.8 Å². The fourth-order valence-electron chi connectivity index (χ4n) is 4.10. The number of aromatic nitrogens is 1. The molecule has 1 saturated heterocycles. The molecule has 0 saturated carbocycles. The average Bonchev–Trinajstić information content (AvgIpc) is 3.14. The van der Waals surface area contributed by atoms with Crippen LogP contribution in [-0.2, 0) is 22.7 Å². The van der Waals surface area contributed by atoms with E-state index in [-0.39, 0.29) is 5.91 Å². The van der Waals surface area contributed by atoms with E-state index in [2.05, 4.69) is 15.0 Å². The van der Waals surface area contributed by atoms with Gasteiger partial charge >= 0.3 is 0 Å². The Balaban J connectivity index is 1.36. The van der Waals surface area contributed by atoms with Crippen molar-refractivity contribution >= 4 is 11.6 Å². The highest BCUT2D eigenvalue weighted by Gasteiger charge is 2.45. The first-order chi connectivity index (χ1) is 14.4. The average molecular weight is 414 g/mol. The second kappa shape index (κ2) is 8.47. The molecule has 158 valence electrons. The van der Waals surface area contributed by atoms with Gasteiger partial charge in [0.05, 0.1) is 12.2 Å². The van der Waals surface area contributed by atoms with Gasteiger partial charge in [-0.05, 0) is 49.2 Å². The number of pyridine rings is 1. The lowest BCUT2D eigenvalue weighted by Crippen LogP contribution is -2.48. The van der Waals surface area contributed by atoms with Crippen molar-refractivity contribution in [1.82, 2.24) is 14.8 Å². The zero-order valence-corrected chi connectivity index (χ0v) is 16.9. The molecule has 2 aliphatic heterocycles. The zero-order chi connectivity index (χ0) is 21.1. The summed E-state index contributed by atoms with van der Waals surface area (Å²) in [6.07, 6.45) is 3.81. The lowest BCUT2D eigenvalue weighted by atomic mass is 9.87. The van der Waals surface area contributed by atoms with Crippen molar-refractivity contribution < 1.29 is 18.4 Å². The molecule has 30 heavy (non-hydrogen) atoms. The maximum Gasteiger partial charge on any atom is 0.271 e. The van der Waals surface area contributed by atoms with Crippen LogP contribution in [0.25, 0.3) is 0 Å². The van der Waals surface area contributed by atoms with Gasteiger partial charge in [-0.3, -0.25) is 14.7 Å². The number of nitrogens with zero attached hydrogens (tertiary/aromatic N) is 4. The van der Waals surface area contributed by atoms with Gasteiger partial charge < -0.3 is 9.74 Å². The summed E-state index contributed by atoms with van der Waals surface area (Å²) < 4.78 is 26.7. The molecule has 0 bridgehead atoms. The summed E-state index contributed by atoms with van der Waals surface area (Å²) in [4.78, 5) is 26.6. The monoisotopic (exact) mass is 414 g/mol. The molecule has 1 aromatic carbocycles. The number of carbonyl (C=O) groups is 1. The molecule has 1 unspecified atom stereocenters. The lowest BCUT2D eigenvalue weighted by Gasteiger charge is -2.38. The normalized spacial score (nSPS) is 21.4. The Morgan fingerprint density at radius 2 is 2.13 bits per heavy atom. The zero-order valence-electron chi connectivity index (χ0n) is 16.9. The lowest BCUT2D eigenvalue weighted by molar-refractivity contribution is -0.123. The van der Waals surface area contributed by atoms with E-state index in [1.54, 1.807) is 24.2 Å². The molecule has 2 aliphatic rings. The molecule has 0 N–H and O–H groups in total. The summed E-state index contributed by atoms with van der Waals surface area (Å²) in [6.45, 7) is 2.29. The van der Waals surface area contributed by atoms with Gasteiger partial charge in [-0.1, -0.05) is 17.3 Å². The fraction of sp³-hybridized carbons (Fsp3) is 0.409. The number of hydrogen-bond donors (Lipinski definition) is 0. The molecule has 0 aliphatic carbocycles. The van der Waals surface area contributed by atoms with Crippen LogP contribution in [0.2, 0.25) is 0 Å². The fourth-order valence-corrected chi connectivity index (χ4v) is 4.10. The maximum atomic E-state index is 13.5. The van der Waals surface area contributed by atoms with Gasteiger partial charge in [-0.15, -0.1) is 0 Å². The molecule has 1 fully saturated rings. The predicted octanol–water partition coefficient (Wildman–Crippen LogP) is 3.13. The maximum absolute atomic E-state index is 13.5. The van der Waals surface area contributed by atoms with E-state index in [0.717, 1.165) is 31.1 Å². The molecule has 2 aromatic rings. The van der Waals surface area contributed by atoms with Crippen molar-refractivity contribution in [2.75, 3.05) is 20.1 Å². The molecule has 6 nitrogen and oxygen atoms in total. The Morgan fingerprint density at radius 1 is 1.27 bits per heavy atom. The van der Waals surface area contributed by atoms with Gasteiger partial charge in [0.15, 0.2) is 17.2 Å². The minimum absolute atomic E-state index is 0.171. The number of rotatable bonds is 5. The van der Waals surface area contributed by atoms with Gasteiger partial charge in [0, 0.05) is 32.8 Å². The van der Waals surface area contributed by atoms with Gasteiger partial charge in [0.2, 0.25) is 0 Å². The molecule has 1 aromatic heterocycles. The minimum atomic E-state index is -0.848. The quantitative estimate of drug-likeness (QED) is 0.754. The van der Waals surface area contributed by atoms with Crippen LogP contribution in [-0.4, -0.2) is 52.1 Å². The summed E-state index contributed by atoms with van der Waals surface area (Å²) in [5.74, 6) is -1.86. The Labute approximate surface area is 174 Å². The molecule has 1 spiro atoms. The number of benzene rings is 1. The molecule has 1 amide bonds. The smallest absolute Gasteiger partial charge is 0.271 e. The Morgan fingerprint density at radius 3 is 2.90 bits per heavy atom. The van der Waals surface area contributed by atoms with Crippen molar-refractivity contribution in [3.05, 3.63) is 65.5 Å². The number of halogens is 2. The topological polar surface area (TPSA) is 58.0 Å². The van der Waals surface area contributed by atoms with Gasteiger partial charge in [-0.2, -0.15) is 0 Å². The molecule has 1 atom stereocenters. The predicted molar refractivity (Wildman–Crippen MR) is 107 cm³/mol. The third-order valence-electron chi connectivity index (χ3n) is 5.57. The second-order valence-corrected chi connectivity index (χ2v) is 8.03. The summed E-state index contributed by atoms with van der Waals surface area (Å²) in [6, 6.07) is 9.55. The van der Waals surface area contributed by atoms with Crippen molar-refractivity contribution in [1.29, 1.82) is 0 Å². The van der Waals surface area contributed by atoms with Crippen LogP contribution in [0.1, 0.15) is 30.5 Å². The van der Waals surface area contributed by atoms with E-state index >= 15 is 0 Å². The molecule has 8 heteroatoms. The Kier molecular flexibility index (Phi) is 5.76. The number of oxime groups is 1. The van der Waals surface area contributed by atoms with Crippen LogP contribution in [0, 0.1) is 11.6 Å². The minimum Gasteiger partial charge on any atom is -0.387 e. The molecular formula is C22H24F2N4O2. The molecular weight excluding hydrogens is 390 g/mol. The number of piperidine rings is 1. The highest BCUT2D eigenvalue weighted by atomic mass is 19.2. The first kappa shape index (κ1) is 20.4. The highest BCUT2D eigenvalue weighted by molar-refractivity contribution is 6.39. The van der Waals surface area contributed by atoms with E-state index in [4.69, 9.17) is 4.84 Å². The molecule has 3 heterocycles. The van der Waals surface area contributed by atoms with E-state index < -0.39 is 17.2 Å². The third-order valence-corrected chi connectivity index (χ3v) is 5.57. The largest absolute Gasteiger partial charge is 0.387 e. The van der Waals surface area contributed by atoms with Crippen LogP contribution >= 0.6 is 0 Å². The van der Waals surface area contributed by atoms with Crippen molar-refractivity contribution in [3.8, 4) is 0 Å². The van der Waals surface area contributed by atoms with Crippen LogP contribution in [0.5, 0.6) is 0 Å². The van der Waals surface area contributed by atoms with Crippen LogP contribution in [0.4, 0.5) is 8.78 Å². The number of likely N-dealkylation sites (tertiary alicyclic amines) is 1. The highest BCUT2D eigenvalue weighted by Crippen LogP contribution is 2.34. The first-order valence-corrected chi connectivity index (χ1v) is 10.0. The number of carbonyl (C=O) groups excluding carboxylic acids is 1.